The number of H-pyrrole nitrogens is 1. The fourth-order valence-electron chi connectivity index (χ4n) is 3.60. The second kappa shape index (κ2) is 10.7. The summed E-state index contributed by atoms with van der Waals surface area (Å²) in [6.07, 6.45) is 3.95. The van der Waals surface area contributed by atoms with Crippen LogP contribution in [0.5, 0.6) is 0 Å². The van der Waals surface area contributed by atoms with Crippen molar-refractivity contribution in [2.75, 3.05) is 6.54 Å². The molecule has 9 heteroatoms. The van der Waals surface area contributed by atoms with E-state index < -0.39 is 16.7 Å². The van der Waals surface area contributed by atoms with Crippen LogP contribution in [0.3, 0.4) is 0 Å². The van der Waals surface area contributed by atoms with Crippen LogP contribution in [0.15, 0.2) is 84.7 Å². The summed E-state index contributed by atoms with van der Waals surface area (Å²) in [4.78, 5) is 39.5. The van der Waals surface area contributed by atoms with Crippen LogP contribution in [0, 0.1) is 10.1 Å². The lowest BCUT2D eigenvalue weighted by molar-refractivity contribution is -0.384. The Balaban J connectivity index is 1.52. The highest BCUT2D eigenvalue weighted by molar-refractivity contribution is 6.34. The third-order valence-electron chi connectivity index (χ3n) is 5.38. The van der Waals surface area contributed by atoms with Gasteiger partial charge in [-0.1, -0.05) is 41.9 Å². The first-order valence-corrected chi connectivity index (χ1v) is 11.2. The number of carbonyl (C=O) groups is 2. The van der Waals surface area contributed by atoms with E-state index in [0.717, 1.165) is 16.5 Å². The van der Waals surface area contributed by atoms with Crippen LogP contribution in [0.1, 0.15) is 21.5 Å². The normalized spacial score (nSPS) is 11.3. The van der Waals surface area contributed by atoms with Gasteiger partial charge < -0.3 is 15.6 Å². The lowest BCUT2D eigenvalue weighted by Gasteiger charge is -2.12. The first-order valence-electron chi connectivity index (χ1n) is 10.8. The van der Waals surface area contributed by atoms with Crippen molar-refractivity contribution >= 4 is 46.1 Å². The SMILES string of the molecule is O=C(NCCc1c[nH]c2ccccc12)/C(=C/c1ccc([N+](=O)[O-])cc1)NC(=O)c1ccccc1Cl. The van der Waals surface area contributed by atoms with Crippen LogP contribution in [-0.2, 0) is 11.2 Å². The summed E-state index contributed by atoms with van der Waals surface area (Å²) < 4.78 is 0. The Morgan fingerprint density at radius 2 is 1.71 bits per heavy atom. The maximum atomic E-state index is 13.0. The largest absolute Gasteiger partial charge is 0.361 e. The van der Waals surface area contributed by atoms with Gasteiger partial charge in [-0.05, 0) is 54.0 Å². The highest BCUT2D eigenvalue weighted by Crippen LogP contribution is 2.19. The molecule has 0 fully saturated rings. The van der Waals surface area contributed by atoms with Gasteiger partial charge in [-0.15, -0.1) is 0 Å². The molecule has 0 atom stereocenters. The molecule has 0 spiro atoms. The van der Waals surface area contributed by atoms with Gasteiger partial charge in [0.15, 0.2) is 0 Å². The average molecular weight is 489 g/mol. The molecule has 0 saturated heterocycles. The minimum atomic E-state index is -0.546. The second-order valence-corrected chi connectivity index (χ2v) is 8.11. The zero-order valence-electron chi connectivity index (χ0n) is 18.5. The number of carbonyl (C=O) groups excluding carboxylic acids is 2. The molecular formula is C26H21ClN4O4. The fraction of sp³-hybridized carbons (Fsp3) is 0.0769. The number of rotatable bonds is 8. The first-order chi connectivity index (χ1) is 16.9. The number of non-ortho nitro benzene ring substituents is 1. The zero-order chi connectivity index (χ0) is 24.8. The van der Waals surface area contributed by atoms with Crippen molar-refractivity contribution in [1.82, 2.24) is 15.6 Å². The van der Waals surface area contributed by atoms with Gasteiger partial charge in [-0.3, -0.25) is 19.7 Å². The highest BCUT2D eigenvalue weighted by atomic mass is 35.5. The van der Waals surface area contributed by atoms with Gasteiger partial charge in [-0.25, -0.2) is 0 Å². The monoisotopic (exact) mass is 488 g/mol. The summed E-state index contributed by atoms with van der Waals surface area (Å²) in [7, 11) is 0. The molecule has 0 saturated carbocycles. The summed E-state index contributed by atoms with van der Waals surface area (Å²) >= 11 is 6.13. The van der Waals surface area contributed by atoms with Crippen LogP contribution in [0.25, 0.3) is 17.0 Å². The Hall–Kier alpha value is -4.43. The average Bonchev–Trinajstić information content (AvgIpc) is 3.27. The Labute approximate surface area is 205 Å². The molecule has 0 aliphatic carbocycles. The molecule has 35 heavy (non-hydrogen) atoms. The summed E-state index contributed by atoms with van der Waals surface area (Å²) in [5.41, 5.74) is 2.71. The molecule has 8 nitrogen and oxygen atoms in total. The molecule has 4 rings (SSSR count). The van der Waals surface area contributed by atoms with E-state index >= 15 is 0 Å². The Morgan fingerprint density at radius 3 is 2.46 bits per heavy atom. The van der Waals surface area contributed by atoms with Crippen LogP contribution in [0.2, 0.25) is 5.02 Å². The summed E-state index contributed by atoms with van der Waals surface area (Å²) in [6, 6.07) is 20.0. The smallest absolute Gasteiger partial charge is 0.269 e. The zero-order valence-corrected chi connectivity index (χ0v) is 19.2. The van der Waals surface area contributed by atoms with Crippen molar-refractivity contribution < 1.29 is 14.5 Å². The van der Waals surface area contributed by atoms with Crippen LogP contribution in [-0.4, -0.2) is 28.3 Å². The van der Waals surface area contributed by atoms with Crippen molar-refractivity contribution in [1.29, 1.82) is 0 Å². The Bertz CT molecular complexity index is 1430. The molecule has 1 aromatic heterocycles. The van der Waals surface area contributed by atoms with E-state index in [4.69, 9.17) is 11.6 Å². The van der Waals surface area contributed by atoms with Gasteiger partial charge in [0.2, 0.25) is 0 Å². The number of para-hydroxylation sites is 1. The molecular weight excluding hydrogens is 468 g/mol. The summed E-state index contributed by atoms with van der Waals surface area (Å²) in [5, 5.41) is 17.7. The lowest BCUT2D eigenvalue weighted by atomic mass is 10.1. The molecule has 4 aromatic rings. The standard InChI is InChI=1S/C26H21ClN4O4/c27-22-7-3-1-6-21(22)25(32)30-24(15-17-9-11-19(12-10-17)31(34)35)26(33)28-14-13-18-16-29-23-8-4-2-5-20(18)23/h1-12,15-16,29H,13-14H2,(H,28,33)(H,30,32)/b24-15-. The van der Waals surface area contributed by atoms with Gasteiger partial charge >= 0.3 is 0 Å². The third kappa shape index (κ3) is 5.74. The van der Waals surface area contributed by atoms with Crippen molar-refractivity contribution in [3.63, 3.8) is 0 Å². The fourth-order valence-corrected chi connectivity index (χ4v) is 3.82. The number of hydrogen-bond donors (Lipinski definition) is 3. The molecule has 3 N–H and O–H groups in total. The van der Waals surface area contributed by atoms with Gasteiger partial charge in [0.05, 0.1) is 15.5 Å². The number of hydrogen-bond acceptors (Lipinski definition) is 4. The minimum absolute atomic E-state index is 0.0114. The van der Waals surface area contributed by atoms with Crippen LogP contribution in [0.4, 0.5) is 5.69 Å². The van der Waals surface area contributed by atoms with Gasteiger partial charge in [0, 0.05) is 35.8 Å². The van der Waals surface area contributed by atoms with Crippen molar-refractivity contribution in [2.24, 2.45) is 0 Å². The highest BCUT2D eigenvalue weighted by Gasteiger charge is 2.17. The molecule has 0 radical (unpaired) electrons. The number of nitro groups is 1. The first kappa shape index (κ1) is 23.7. The third-order valence-corrected chi connectivity index (χ3v) is 5.71. The van der Waals surface area contributed by atoms with Gasteiger partial charge in [0.25, 0.3) is 17.5 Å². The Kier molecular flexibility index (Phi) is 7.23. The van der Waals surface area contributed by atoms with Crippen molar-refractivity contribution in [2.45, 2.75) is 6.42 Å². The minimum Gasteiger partial charge on any atom is -0.361 e. The molecule has 3 aromatic carbocycles. The van der Waals surface area contributed by atoms with Crippen LogP contribution < -0.4 is 10.6 Å². The number of aromatic amines is 1. The molecule has 0 bridgehead atoms. The topological polar surface area (TPSA) is 117 Å². The van der Waals surface area contributed by atoms with E-state index in [-0.39, 0.29) is 22.0 Å². The molecule has 0 unspecified atom stereocenters. The Morgan fingerprint density at radius 1 is 1.00 bits per heavy atom. The van der Waals surface area contributed by atoms with E-state index in [0.29, 0.717) is 18.5 Å². The number of benzene rings is 3. The van der Waals surface area contributed by atoms with E-state index in [1.54, 1.807) is 24.3 Å². The quantitative estimate of drug-likeness (QED) is 0.186. The second-order valence-electron chi connectivity index (χ2n) is 7.71. The van der Waals surface area contributed by atoms with E-state index in [1.165, 1.54) is 30.3 Å². The van der Waals surface area contributed by atoms with Crippen molar-refractivity contribution in [3.05, 3.63) is 117 Å². The van der Waals surface area contributed by atoms with E-state index in [2.05, 4.69) is 15.6 Å². The molecule has 2 amide bonds. The maximum Gasteiger partial charge on any atom is 0.269 e. The molecule has 0 aliphatic heterocycles. The van der Waals surface area contributed by atoms with E-state index in [1.807, 2.05) is 30.5 Å². The number of nitrogens with zero attached hydrogens (tertiary/aromatic N) is 1. The predicted molar refractivity (Wildman–Crippen MR) is 135 cm³/mol. The van der Waals surface area contributed by atoms with E-state index in [9.17, 15) is 19.7 Å². The van der Waals surface area contributed by atoms with Crippen LogP contribution >= 0.6 is 11.6 Å². The van der Waals surface area contributed by atoms with Crippen molar-refractivity contribution in [3.8, 4) is 0 Å². The summed E-state index contributed by atoms with van der Waals surface area (Å²) in [5.74, 6) is -1.04. The lowest BCUT2D eigenvalue weighted by Crippen LogP contribution is -2.35. The predicted octanol–water partition coefficient (Wildman–Crippen LogP) is 4.86. The summed E-state index contributed by atoms with van der Waals surface area (Å²) in [6.45, 7) is 0.334. The number of halogens is 1. The molecule has 176 valence electrons. The molecule has 1 heterocycles. The number of aromatic nitrogens is 1. The maximum absolute atomic E-state index is 13.0. The molecule has 0 aliphatic rings. The number of fused-ring (bicyclic) bond motifs is 1. The number of nitro benzene ring substituents is 1. The van der Waals surface area contributed by atoms with Gasteiger partial charge in [-0.2, -0.15) is 0 Å². The number of amides is 2. The van der Waals surface area contributed by atoms with Gasteiger partial charge in [0.1, 0.15) is 5.70 Å². The number of nitrogens with one attached hydrogen (secondary N) is 3.